The quantitative estimate of drug-likeness (QED) is 0.346. The zero-order valence-corrected chi connectivity index (χ0v) is 23.4. The van der Waals surface area contributed by atoms with Gasteiger partial charge in [-0.05, 0) is 70.9 Å². The Labute approximate surface area is 220 Å². The molecule has 1 fully saturated rings. The van der Waals surface area contributed by atoms with Crippen LogP contribution in [0.5, 0.6) is 0 Å². The molecule has 1 amide bonds. The van der Waals surface area contributed by atoms with Crippen LogP contribution in [0, 0.1) is 6.92 Å². The number of hydrogen-bond donors (Lipinski definition) is 0. The fourth-order valence-corrected chi connectivity index (χ4v) is 5.64. The Kier molecular flexibility index (Phi) is 7.78. The van der Waals surface area contributed by atoms with Crippen molar-refractivity contribution in [2.24, 2.45) is 0 Å². The van der Waals surface area contributed by atoms with Gasteiger partial charge in [0.2, 0.25) is 0 Å². The summed E-state index contributed by atoms with van der Waals surface area (Å²) in [7, 11) is -3.87. The summed E-state index contributed by atoms with van der Waals surface area (Å²) in [5, 5.41) is 0. The maximum atomic E-state index is 12.8. The first-order valence-corrected chi connectivity index (χ1v) is 14.2. The van der Waals surface area contributed by atoms with E-state index in [1.807, 2.05) is 50.5 Å². The highest BCUT2D eigenvalue weighted by atomic mass is 79.9. The van der Waals surface area contributed by atoms with E-state index in [0.717, 1.165) is 39.7 Å². The van der Waals surface area contributed by atoms with Gasteiger partial charge in [0.15, 0.2) is 0 Å². The first-order valence-electron chi connectivity index (χ1n) is 12.0. The minimum absolute atomic E-state index is 0.0365. The number of nitrogens with zero attached hydrogens (tertiary/aromatic N) is 3. The van der Waals surface area contributed by atoms with E-state index in [9.17, 15) is 13.2 Å². The van der Waals surface area contributed by atoms with Gasteiger partial charge in [0.25, 0.3) is 10.1 Å². The normalized spacial score (nSPS) is 16.6. The lowest BCUT2D eigenvalue weighted by Crippen LogP contribution is -2.41. The molecule has 0 radical (unpaired) electrons. The number of imidazole rings is 1. The predicted molar refractivity (Wildman–Crippen MR) is 141 cm³/mol. The Bertz CT molecular complexity index is 1350. The van der Waals surface area contributed by atoms with Gasteiger partial charge in [-0.15, -0.1) is 0 Å². The maximum absolute atomic E-state index is 12.8. The van der Waals surface area contributed by atoms with E-state index in [-0.39, 0.29) is 23.6 Å². The highest BCUT2D eigenvalue weighted by Crippen LogP contribution is 2.27. The van der Waals surface area contributed by atoms with Crippen molar-refractivity contribution in [2.45, 2.75) is 70.0 Å². The van der Waals surface area contributed by atoms with Crippen LogP contribution < -0.4 is 0 Å². The van der Waals surface area contributed by atoms with Crippen molar-refractivity contribution < 1.29 is 22.1 Å². The molecule has 0 aliphatic carbocycles. The van der Waals surface area contributed by atoms with Crippen LogP contribution in [-0.2, 0) is 32.0 Å². The number of halogens is 1. The number of aromatic nitrogens is 2. The van der Waals surface area contributed by atoms with E-state index in [2.05, 4.69) is 15.9 Å². The molecule has 2 aromatic carbocycles. The fraction of sp³-hybridized carbons (Fsp3) is 0.462. The van der Waals surface area contributed by atoms with E-state index in [1.54, 1.807) is 29.2 Å². The number of ether oxygens (including phenoxy) is 1. The summed E-state index contributed by atoms with van der Waals surface area (Å²) >= 11 is 3.50. The summed E-state index contributed by atoms with van der Waals surface area (Å²) < 4.78 is 39.2. The third-order valence-electron chi connectivity index (χ3n) is 6.08. The van der Waals surface area contributed by atoms with Crippen molar-refractivity contribution in [1.29, 1.82) is 0 Å². The van der Waals surface area contributed by atoms with E-state index in [0.29, 0.717) is 19.5 Å². The van der Waals surface area contributed by atoms with Crippen molar-refractivity contribution in [1.82, 2.24) is 14.5 Å². The first kappa shape index (κ1) is 26.6. The van der Waals surface area contributed by atoms with Gasteiger partial charge < -0.3 is 14.2 Å². The minimum atomic E-state index is -3.87. The SMILES string of the molecule is Cc1ccc(S(=O)(=O)OCCn2c(C[C@@H]3CCCN3C(=O)OC(C)(C)C)nc3cc(Br)ccc32)cc1. The van der Waals surface area contributed by atoms with Crippen molar-refractivity contribution in [3.8, 4) is 0 Å². The average molecular weight is 579 g/mol. The van der Waals surface area contributed by atoms with Crippen molar-refractivity contribution >= 4 is 43.2 Å². The van der Waals surface area contributed by atoms with Gasteiger partial charge in [0.1, 0.15) is 11.4 Å². The van der Waals surface area contributed by atoms with Gasteiger partial charge in [0, 0.05) is 30.0 Å². The number of benzene rings is 2. The fourth-order valence-electron chi connectivity index (χ4n) is 4.39. The Hall–Kier alpha value is -2.43. The zero-order valence-electron chi connectivity index (χ0n) is 21.0. The number of hydrogen-bond acceptors (Lipinski definition) is 6. The molecule has 4 rings (SSSR count). The third kappa shape index (κ3) is 6.27. The van der Waals surface area contributed by atoms with Gasteiger partial charge in [-0.3, -0.25) is 4.18 Å². The standard InChI is InChI=1S/C26H32BrN3O5S/c1-18-7-10-21(11-8-18)36(32,33)34-15-14-30-23-12-9-19(27)16-22(23)28-24(30)17-20-6-5-13-29(20)25(31)35-26(2,3)4/h7-12,16,20H,5-6,13-15,17H2,1-4H3/t20-/m0/s1. The monoisotopic (exact) mass is 577 g/mol. The molecule has 194 valence electrons. The highest BCUT2D eigenvalue weighted by Gasteiger charge is 2.33. The van der Waals surface area contributed by atoms with Crippen molar-refractivity contribution in [2.75, 3.05) is 13.2 Å². The lowest BCUT2D eigenvalue weighted by Gasteiger charge is -2.28. The number of aryl methyl sites for hydroxylation is 1. The Morgan fingerprint density at radius 3 is 2.58 bits per heavy atom. The second-order valence-electron chi connectivity index (χ2n) is 10.1. The molecule has 0 bridgehead atoms. The number of rotatable bonds is 7. The van der Waals surface area contributed by atoms with Gasteiger partial charge in [-0.2, -0.15) is 8.42 Å². The molecule has 1 atom stereocenters. The molecule has 10 heteroatoms. The molecule has 2 heterocycles. The molecular formula is C26H32BrN3O5S. The number of fused-ring (bicyclic) bond motifs is 1. The Balaban J connectivity index is 1.54. The Morgan fingerprint density at radius 1 is 1.17 bits per heavy atom. The average Bonchev–Trinajstić information content (AvgIpc) is 3.37. The number of amides is 1. The van der Waals surface area contributed by atoms with Crippen LogP contribution in [0.3, 0.4) is 0 Å². The zero-order chi connectivity index (χ0) is 26.1. The molecule has 1 aliphatic rings. The minimum Gasteiger partial charge on any atom is -0.444 e. The summed E-state index contributed by atoms with van der Waals surface area (Å²) in [6.07, 6.45) is 1.97. The summed E-state index contributed by atoms with van der Waals surface area (Å²) in [6.45, 7) is 8.38. The number of carbonyl (C=O) groups is 1. The molecule has 1 saturated heterocycles. The molecule has 0 saturated carbocycles. The van der Waals surface area contributed by atoms with Crippen LogP contribution in [0.2, 0.25) is 0 Å². The van der Waals surface area contributed by atoms with E-state index >= 15 is 0 Å². The summed E-state index contributed by atoms with van der Waals surface area (Å²) in [5.74, 6) is 0.778. The summed E-state index contributed by atoms with van der Waals surface area (Å²) in [4.78, 5) is 19.5. The van der Waals surface area contributed by atoms with Crippen LogP contribution in [0.1, 0.15) is 45.0 Å². The molecule has 0 spiro atoms. The van der Waals surface area contributed by atoms with Crippen LogP contribution >= 0.6 is 15.9 Å². The highest BCUT2D eigenvalue weighted by molar-refractivity contribution is 9.10. The van der Waals surface area contributed by atoms with Gasteiger partial charge >= 0.3 is 6.09 Å². The second-order valence-corrected chi connectivity index (χ2v) is 12.6. The van der Waals surface area contributed by atoms with E-state index < -0.39 is 15.7 Å². The molecule has 8 nitrogen and oxygen atoms in total. The van der Waals surface area contributed by atoms with Crippen LogP contribution in [0.15, 0.2) is 51.8 Å². The molecule has 36 heavy (non-hydrogen) atoms. The van der Waals surface area contributed by atoms with Gasteiger partial charge in [-0.1, -0.05) is 33.6 Å². The van der Waals surface area contributed by atoms with Crippen LogP contribution in [0.25, 0.3) is 11.0 Å². The largest absolute Gasteiger partial charge is 0.444 e. The first-order chi connectivity index (χ1) is 16.9. The van der Waals surface area contributed by atoms with E-state index in [4.69, 9.17) is 13.9 Å². The third-order valence-corrected chi connectivity index (χ3v) is 7.90. The molecule has 1 aromatic heterocycles. The summed E-state index contributed by atoms with van der Waals surface area (Å²) in [6, 6.07) is 12.3. The molecule has 0 N–H and O–H groups in total. The maximum Gasteiger partial charge on any atom is 0.410 e. The molecular weight excluding hydrogens is 546 g/mol. The Morgan fingerprint density at radius 2 is 1.89 bits per heavy atom. The lowest BCUT2D eigenvalue weighted by atomic mass is 10.1. The number of carbonyl (C=O) groups excluding carboxylic acids is 1. The van der Waals surface area contributed by atoms with Gasteiger partial charge in [0.05, 0.1) is 22.5 Å². The topological polar surface area (TPSA) is 90.7 Å². The van der Waals surface area contributed by atoms with Gasteiger partial charge in [-0.25, -0.2) is 9.78 Å². The molecule has 3 aromatic rings. The second kappa shape index (κ2) is 10.5. The predicted octanol–water partition coefficient (Wildman–Crippen LogP) is 5.45. The lowest BCUT2D eigenvalue weighted by molar-refractivity contribution is 0.0225. The number of likely N-dealkylation sites (tertiary alicyclic amines) is 1. The van der Waals surface area contributed by atoms with Crippen LogP contribution in [0.4, 0.5) is 4.79 Å². The molecule has 1 aliphatic heterocycles. The molecule has 0 unspecified atom stereocenters. The van der Waals surface area contributed by atoms with Crippen LogP contribution in [-0.4, -0.2) is 53.8 Å². The van der Waals surface area contributed by atoms with E-state index in [1.165, 1.54) is 0 Å². The van der Waals surface area contributed by atoms with Crippen molar-refractivity contribution in [3.63, 3.8) is 0 Å². The van der Waals surface area contributed by atoms with Crippen molar-refractivity contribution in [3.05, 3.63) is 58.3 Å². The summed E-state index contributed by atoms with van der Waals surface area (Å²) in [5.41, 5.74) is 2.08. The smallest absolute Gasteiger partial charge is 0.410 e.